The van der Waals surface area contributed by atoms with Gasteiger partial charge in [-0.15, -0.1) is 0 Å². The number of hydrogen-bond acceptors (Lipinski definition) is 6. The maximum Gasteiger partial charge on any atom is 0.276 e. The van der Waals surface area contributed by atoms with Crippen LogP contribution < -0.4 is 15.5 Å². The molecule has 0 radical (unpaired) electrons. The van der Waals surface area contributed by atoms with E-state index in [2.05, 4.69) is 10.7 Å². The summed E-state index contributed by atoms with van der Waals surface area (Å²) in [5.41, 5.74) is 4.15. The van der Waals surface area contributed by atoms with Crippen LogP contribution in [0, 0.1) is 10.1 Å². The van der Waals surface area contributed by atoms with E-state index in [4.69, 9.17) is 27.9 Å². The zero-order valence-electron chi connectivity index (χ0n) is 18.2. The predicted molar refractivity (Wildman–Crippen MR) is 131 cm³/mol. The molecule has 180 valence electrons. The Morgan fingerprint density at radius 1 is 1.11 bits per heavy atom. The van der Waals surface area contributed by atoms with Crippen LogP contribution in [0.5, 0.6) is 5.75 Å². The standard InChI is InChI=1S/C24H20Cl2N4O5/c25-16-9-12-21(19(26)14-16)35-13-3-6-22(31)28-29-23(15-7-10-17(11-8-15)30(33)34)27-20-5-2-1-4-18(20)24(29)32/h1-2,4-5,7-12,14,23,27H,3,6,13H2,(H,28,31). The van der Waals surface area contributed by atoms with E-state index in [1.165, 1.54) is 17.1 Å². The summed E-state index contributed by atoms with van der Waals surface area (Å²) in [6.45, 7) is 0.232. The first-order valence-electron chi connectivity index (χ1n) is 10.6. The Kier molecular flexibility index (Phi) is 7.38. The molecule has 0 fully saturated rings. The highest BCUT2D eigenvalue weighted by Gasteiger charge is 2.34. The Bertz CT molecular complexity index is 1270. The van der Waals surface area contributed by atoms with Gasteiger partial charge in [0.1, 0.15) is 11.9 Å². The Labute approximate surface area is 210 Å². The number of fused-ring (bicyclic) bond motifs is 1. The van der Waals surface area contributed by atoms with E-state index < -0.39 is 22.9 Å². The fourth-order valence-electron chi connectivity index (χ4n) is 3.58. The number of para-hydroxylation sites is 1. The van der Waals surface area contributed by atoms with Gasteiger partial charge in [0.2, 0.25) is 5.91 Å². The van der Waals surface area contributed by atoms with Gasteiger partial charge >= 0.3 is 0 Å². The number of benzene rings is 3. The Morgan fingerprint density at radius 3 is 2.57 bits per heavy atom. The average molecular weight is 515 g/mol. The SMILES string of the molecule is O=C(CCCOc1ccc(Cl)cc1Cl)NN1C(=O)c2ccccc2NC1c1ccc([N+](=O)[O-])cc1. The van der Waals surface area contributed by atoms with Crippen LogP contribution in [0.1, 0.15) is 34.9 Å². The van der Waals surface area contributed by atoms with Gasteiger partial charge in [-0.25, -0.2) is 5.01 Å². The molecule has 1 atom stereocenters. The molecule has 4 rings (SSSR count). The topological polar surface area (TPSA) is 114 Å². The number of rotatable bonds is 8. The van der Waals surface area contributed by atoms with Crippen molar-refractivity contribution >= 4 is 46.4 Å². The molecule has 0 spiro atoms. The summed E-state index contributed by atoms with van der Waals surface area (Å²) in [5, 5.41) is 16.3. The molecular weight excluding hydrogens is 495 g/mol. The van der Waals surface area contributed by atoms with Crippen LogP contribution in [0.25, 0.3) is 0 Å². The van der Waals surface area contributed by atoms with Crippen LogP contribution in [0.2, 0.25) is 10.0 Å². The number of non-ortho nitro benzene ring substituents is 1. The lowest BCUT2D eigenvalue weighted by atomic mass is 10.0. The lowest BCUT2D eigenvalue weighted by Crippen LogP contribution is -2.52. The number of carbonyl (C=O) groups excluding carboxylic acids is 2. The molecule has 9 nitrogen and oxygen atoms in total. The van der Waals surface area contributed by atoms with Crippen molar-refractivity contribution < 1.29 is 19.2 Å². The molecule has 0 saturated heterocycles. The molecule has 0 saturated carbocycles. The van der Waals surface area contributed by atoms with Crippen LogP contribution in [0.3, 0.4) is 0 Å². The van der Waals surface area contributed by atoms with Crippen molar-refractivity contribution in [2.75, 3.05) is 11.9 Å². The molecule has 2 N–H and O–H groups in total. The number of anilines is 1. The molecule has 11 heteroatoms. The van der Waals surface area contributed by atoms with E-state index in [0.717, 1.165) is 0 Å². The summed E-state index contributed by atoms with van der Waals surface area (Å²) in [7, 11) is 0. The second kappa shape index (κ2) is 10.6. The maximum atomic E-state index is 13.2. The summed E-state index contributed by atoms with van der Waals surface area (Å²) in [4.78, 5) is 36.4. The van der Waals surface area contributed by atoms with E-state index in [9.17, 15) is 19.7 Å². The van der Waals surface area contributed by atoms with Crippen molar-refractivity contribution in [1.82, 2.24) is 10.4 Å². The lowest BCUT2D eigenvalue weighted by molar-refractivity contribution is -0.384. The van der Waals surface area contributed by atoms with Crippen molar-refractivity contribution in [3.05, 3.63) is 98.0 Å². The van der Waals surface area contributed by atoms with Crippen molar-refractivity contribution in [3.8, 4) is 5.75 Å². The van der Waals surface area contributed by atoms with Gasteiger partial charge in [0, 0.05) is 29.3 Å². The number of hydrazine groups is 1. The molecule has 1 aliphatic rings. The van der Waals surface area contributed by atoms with Gasteiger partial charge in [0.15, 0.2) is 0 Å². The molecule has 0 bridgehead atoms. The number of ether oxygens (including phenoxy) is 1. The zero-order chi connectivity index (χ0) is 24.9. The fourth-order valence-corrected chi connectivity index (χ4v) is 4.04. The molecule has 2 amide bonds. The summed E-state index contributed by atoms with van der Waals surface area (Å²) in [5.74, 6) is -0.334. The van der Waals surface area contributed by atoms with E-state index >= 15 is 0 Å². The first-order valence-corrected chi connectivity index (χ1v) is 11.4. The van der Waals surface area contributed by atoms with E-state index in [1.807, 2.05) is 0 Å². The number of amides is 2. The number of halogens is 2. The largest absolute Gasteiger partial charge is 0.492 e. The second-order valence-electron chi connectivity index (χ2n) is 7.68. The second-order valence-corrected chi connectivity index (χ2v) is 8.52. The number of hydrogen-bond donors (Lipinski definition) is 2. The average Bonchev–Trinajstić information content (AvgIpc) is 2.84. The first kappa shape index (κ1) is 24.3. The van der Waals surface area contributed by atoms with Crippen molar-refractivity contribution in [3.63, 3.8) is 0 Å². The third-order valence-corrected chi connectivity index (χ3v) is 5.82. The van der Waals surface area contributed by atoms with E-state index in [-0.39, 0.29) is 18.7 Å². The number of nitro groups is 1. The van der Waals surface area contributed by atoms with Gasteiger partial charge in [-0.2, -0.15) is 0 Å². The highest BCUT2D eigenvalue weighted by Crippen LogP contribution is 2.32. The summed E-state index contributed by atoms with van der Waals surface area (Å²) < 4.78 is 5.60. The molecule has 0 aliphatic carbocycles. The number of nitrogens with zero attached hydrogens (tertiary/aromatic N) is 2. The molecule has 0 aromatic heterocycles. The fraction of sp³-hybridized carbons (Fsp3) is 0.167. The van der Waals surface area contributed by atoms with Crippen molar-refractivity contribution in [2.24, 2.45) is 0 Å². The third-order valence-electron chi connectivity index (χ3n) is 5.29. The normalized spacial score (nSPS) is 14.6. The number of nitro benzene ring substituents is 1. The summed E-state index contributed by atoms with van der Waals surface area (Å²) in [6.07, 6.45) is -0.297. The zero-order valence-corrected chi connectivity index (χ0v) is 19.8. The van der Waals surface area contributed by atoms with Gasteiger partial charge in [-0.3, -0.25) is 25.1 Å². The maximum absolute atomic E-state index is 13.2. The van der Waals surface area contributed by atoms with Crippen molar-refractivity contribution in [1.29, 1.82) is 0 Å². The van der Waals surface area contributed by atoms with Crippen LogP contribution in [-0.4, -0.2) is 28.4 Å². The molecule has 1 heterocycles. The Balaban J connectivity index is 1.44. The molecular formula is C24H20Cl2N4O5. The molecule has 1 unspecified atom stereocenters. The highest BCUT2D eigenvalue weighted by atomic mass is 35.5. The van der Waals surface area contributed by atoms with Crippen LogP contribution in [-0.2, 0) is 4.79 Å². The summed E-state index contributed by atoms with van der Waals surface area (Å²) in [6, 6.07) is 17.6. The highest BCUT2D eigenvalue weighted by molar-refractivity contribution is 6.35. The van der Waals surface area contributed by atoms with Crippen LogP contribution in [0.15, 0.2) is 66.7 Å². The van der Waals surface area contributed by atoms with Gasteiger partial charge in [0.25, 0.3) is 11.6 Å². The van der Waals surface area contributed by atoms with Crippen molar-refractivity contribution in [2.45, 2.75) is 19.0 Å². The summed E-state index contributed by atoms with van der Waals surface area (Å²) >= 11 is 12.0. The molecule has 3 aromatic rings. The quantitative estimate of drug-likeness (QED) is 0.237. The minimum atomic E-state index is -0.758. The van der Waals surface area contributed by atoms with Gasteiger partial charge in [-0.1, -0.05) is 35.3 Å². The molecule has 1 aliphatic heterocycles. The number of nitrogens with one attached hydrogen (secondary N) is 2. The molecule has 35 heavy (non-hydrogen) atoms. The van der Waals surface area contributed by atoms with Crippen LogP contribution >= 0.6 is 23.2 Å². The number of carbonyl (C=O) groups is 2. The smallest absolute Gasteiger partial charge is 0.276 e. The van der Waals surface area contributed by atoms with Gasteiger partial charge in [-0.05, 0) is 54.4 Å². The minimum absolute atomic E-state index is 0.0762. The molecule has 3 aromatic carbocycles. The van der Waals surface area contributed by atoms with E-state index in [1.54, 1.807) is 54.6 Å². The third kappa shape index (κ3) is 5.64. The van der Waals surface area contributed by atoms with E-state index in [0.29, 0.717) is 39.0 Å². The monoisotopic (exact) mass is 514 g/mol. The van der Waals surface area contributed by atoms with Gasteiger partial charge in [0.05, 0.1) is 22.1 Å². The van der Waals surface area contributed by atoms with Crippen LogP contribution in [0.4, 0.5) is 11.4 Å². The first-order chi connectivity index (χ1) is 16.8. The Morgan fingerprint density at radius 2 is 1.86 bits per heavy atom. The predicted octanol–water partition coefficient (Wildman–Crippen LogP) is 5.36. The van der Waals surface area contributed by atoms with Gasteiger partial charge < -0.3 is 10.1 Å². The lowest BCUT2D eigenvalue weighted by Gasteiger charge is -2.37. The minimum Gasteiger partial charge on any atom is -0.492 e. The Hall–Kier alpha value is -3.82.